The van der Waals surface area contributed by atoms with Gasteiger partial charge < -0.3 is 4.90 Å². The maximum absolute atomic E-state index is 13.8. The number of fused-ring (bicyclic) bond motifs is 1. The van der Waals surface area contributed by atoms with Crippen molar-refractivity contribution in [3.05, 3.63) is 120 Å². The van der Waals surface area contributed by atoms with Crippen molar-refractivity contribution >= 4 is 26.3 Å². The second-order valence-electron chi connectivity index (χ2n) is 10.5. The fourth-order valence-corrected chi connectivity index (χ4v) is 10.2. The molecule has 1 saturated heterocycles. The van der Waals surface area contributed by atoms with Gasteiger partial charge in [0.05, 0.1) is 15.5 Å². The van der Waals surface area contributed by atoms with Crippen molar-refractivity contribution in [1.82, 2.24) is 9.80 Å². The minimum atomic E-state index is -3.95. The SMILES string of the molecule is O=C(c1cccc2c1C(S(=O)(=O)c1ccccc1)CS2(O)O)N1CCN(Cc2ccc(-c3ccccc3)cc2)CC1. The third kappa shape index (κ3) is 5.43. The van der Waals surface area contributed by atoms with Crippen molar-refractivity contribution in [1.29, 1.82) is 0 Å². The van der Waals surface area contributed by atoms with E-state index in [9.17, 15) is 22.3 Å². The summed E-state index contributed by atoms with van der Waals surface area (Å²) in [6, 6.07) is 31.5. The molecule has 0 spiro atoms. The van der Waals surface area contributed by atoms with Crippen molar-refractivity contribution in [2.45, 2.75) is 21.6 Å². The van der Waals surface area contributed by atoms with Crippen molar-refractivity contribution < 1.29 is 22.3 Å². The summed E-state index contributed by atoms with van der Waals surface area (Å²) in [5.74, 6) is -0.625. The molecule has 2 aliphatic heterocycles. The van der Waals surface area contributed by atoms with Gasteiger partial charge in [-0.15, -0.1) is 0 Å². The maximum Gasteiger partial charge on any atom is 0.254 e. The molecule has 1 fully saturated rings. The van der Waals surface area contributed by atoms with Gasteiger partial charge in [0.2, 0.25) is 0 Å². The molecule has 0 saturated carbocycles. The van der Waals surface area contributed by atoms with Crippen LogP contribution in [0.15, 0.2) is 113 Å². The Bertz CT molecular complexity index is 1650. The van der Waals surface area contributed by atoms with E-state index < -0.39 is 25.7 Å². The molecule has 7 nitrogen and oxygen atoms in total. The van der Waals surface area contributed by atoms with E-state index in [-0.39, 0.29) is 32.6 Å². The van der Waals surface area contributed by atoms with Crippen molar-refractivity contribution in [3.63, 3.8) is 0 Å². The Labute approximate surface area is 242 Å². The van der Waals surface area contributed by atoms with E-state index in [1.54, 1.807) is 35.2 Å². The summed E-state index contributed by atoms with van der Waals surface area (Å²) in [5, 5.41) is -1.20. The van der Waals surface area contributed by atoms with E-state index in [1.807, 2.05) is 18.2 Å². The van der Waals surface area contributed by atoms with Gasteiger partial charge in [0.15, 0.2) is 9.84 Å². The topological polar surface area (TPSA) is 98.1 Å². The normalized spacial score (nSPS) is 19.5. The van der Waals surface area contributed by atoms with Gasteiger partial charge in [-0.2, -0.15) is 10.6 Å². The number of hydrogen-bond acceptors (Lipinski definition) is 6. The van der Waals surface area contributed by atoms with Crippen LogP contribution in [0, 0.1) is 0 Å². The van der Waals surface area contributed by atoms with Crippen molar-refractivity contribution in [2.75, 3.05) is 31.9 Å². The standard InChI is InChI=1S/C32H32N2O5S2/c35-32(34-20-18-33(19-21-34)22-24-14-16-26(17-15-24)25-8-3-1-4-9-25)28-12-7-13-29-31(28)30(23-40(29,36)37)41(38,39)27-10-5-2-6-11-27/h1-17,30,36-37H,18-23H2. The highest BCUT2D eigenvalue weighted by molar-refractivity contribution is 8.25. The molecule has 0 radical (unpaired) electrons. The molecule has 4 aromatic rings. The number of hydrogen-bond donors (Lipinski definition) is 2. The first-order chi connectivity index (χ1) is 19.7. The van der Waals surface area contributed by atoms with Crippen LogP contribution in [0.3, 0.4) is 0 Å². The number of sulfone groups is 1. The lowest BCUT2D eigenvalue weighted by Gasteiger charge is -2.35. The number of carbonyl (C=O) groups is 1. The monoisotopic (exact) mass is 588 g/mol. The zero-order chi connectivity index (χ0) is 28.6. The Morgan fingerprint density at radius 3 is 2.02 bits per heavy atom. The van der Waals surface area contributed by atoms with Crippen molar-refractivity contribution in [2.24, 2.45) is 0 Å². The number of amides is 1. The summed E-state index contributed by atoms with van der Waals surface area (Å²) >= 11 is 0. The Morgan fingerprint density at radius 2 is 1.37 bits per heavy atom. The molecule has 6 rings (SSSR count). The summed E-state index contributed by atoms with van der Waals surface area (Å²) < 4.78 is 48.9. The van der Waals surface area contributed by atoms with Gasteiger partial charge in [-0.1, -0.05) is 78.9 Å². The molecule has 0 aliphatic carbocycles. The van der Waals surface area contributed by atoms with Crippen LogP contribution in [-0.2, 0) is 16.4 Å². The maximum atomic E-state index is 13.8. The first-order valence-electron chi connectivity index (χ1n) is 13.6. The Hall–Kier alpha value is -3.47. The van der Waals surface area contributed by atoms with Crippen LogP contribution >= 0.6 is 10.6 Å². The summed E-state index contributed by atoms with van der Waals surface area (Å²) in [7, 11) is -7.31. The van der Waals surface area contributed by atoms with E-state index in [2.05, 4.69) is 41.3 Å². The average molecular weight is 589 g/mol. The highest BCUT2D eigenvalue weighted by atomic mass is 32.3. The summed E-state index contributed by atoms with van der Waals surface area (Å²) in [6.45, 7) is 3.13. The molecule has 1 atom stereocenters. The van der Waals surface area contributed by atoms with E-state index in [0.29, 0.717) is 26.2 Å². The predicted octanol–water partition coefficient (Wildman–Crippen LogP) is 5.95. The van der Waals surface area contributed by atoms with Crippen LogP contribution in [0.2, 0.25) is 0 Å². The molecule has 0 bridgehead atoms. The van der Waals surface area contributed by atoms with Crippen LogP contribution < -0.4 is 0 Å². The number of nitrogens with zero attached hydrogens (tertiary/aromatic N) is 2. The van der Waals surface area contributed by atoms with Crippen LogP contribution in [-0.4, -0.2) is 65.2 Å². The highest BCUT2D eigenvalue weighted by Gasteiger charge is 2.45. The second kappa shape index (κ2) is 11.1. The fraction of sp³-hybridized carbons (Fsp3) is 0.219. The van der Waals surface area contributed by atoms with Gasteiger partial charge in [-0.3, -0.25) is 18.8 Å². The van der Waals surface area contributed by atoms with Crippen LogP contribution in [0.25, 0.3) is 11.1 Å². The van der Waals surface area contributed by atoms with Gasteiger partial charge in [-0.25, -0.2) is 8.42 Å². The van der Waals surface area contributed by atoms with Crippen LogP contribution in [0.1, 0.15) is 26.7 Å². The first-order valence-corrected chi connectivity index (χ1v) is 16.8. The van der Waals surface area contributed by atoms with Gasteiger partial charge in [0, 0.05) is 43.9 Å². The van der Waals surface area contributed by atoms with Crippen LogP contribution in [0.5, 0.6) is 0 Å². The van der Waals surface area contributed by atoms with E-state index >= 15 is 0 Å². The average Bonchev–Trinajstić information content (AvgIpc) is 3.30. The quantitative estimate of drug-likeness (QED) is 0.289. The molecule has 1 unspecified atom stereocenters. The molecule has 2 aliphatic rings. The summed E-state index contributed by atoms with van der Waals surface area (Å²) in [6.07, 6.45) is 0. The molecule has 1 amide bonds. The van der Waals surface area contributed by atoms with E-state index in [0.717, 1.165) is 6.54 Å². The number of piperazine rings is 1. The molecule has 212 valence electrons. The summed E-state index contributed by atoms with van der Waals surface area (Å²) in [4.78, 5) is 18.1. The third-order valence-electron chi connectivity index (χ3n) is 7.93. The zero-order valence-electron chi connectivity index (χ0n) is 22.5. The van der Waals surface area contributed by atoms with Gasteiger partial charge >= 0.3 is 0 Å². The lowest BCUT2D eigenvalue weighted by atomic mass is 10.0. The van der Waals surface area contributed by atoms with Gasteiger partial charge in [-0.05, 0) is 41.0 Å². The number of rotatable bonds is 6. The molecule has 2 N–H and O–H groups in total. The zero-order valence-corrected chi connectivity index (χ0v) is 24.1. The fourth-order valence-electron chi connectivity index (χ4n) is 5.72. The largest absolute Gasteiger partial charge is 0.336 e. The first kappa shape index (κ1) is 27.7. The smallest absolute Gasteiger partial charge is 0.254 e. The molecule has 4 aromatic carbocycles. The minimum Gasteiger partial charge on any atom is -0.336 e. The molecule has 0 aromatic heterocycles. The molecule has 9 heteroatoms. The second-order valence-corrected chi connectivity index (χ2v) is 14.8. The lowest BCUT2D eigenvalue weighted by molar-refractivity contribution is 0.0627. The Kier molecular flexibility index (Phi) is 7.48. The van der Waals surface area contributed by atoms with Gasteiger partial charge in [0.1, 0.15) is 5.25 Å². The van der Waals surface area contributed by atoms with E-state index in [4.69, 9.17) is 0 Å². The molecular formula is C32H32N2O5S2. The number of carbonyl (C=O) groups excluding carboxylic acids is 1. The number of benzene rings is 4. The Morgan fingerprint density at radius 1 is 0.756 bits per heavy atom. The lowest BCUT2D eigenvalue weighted by Crippen LogP contribution is -2.48. The molecule has 2 heterocycles. The van der Waals surface area contributed by atoms with Crippen molar-refractivity contribution in [3.8, 4) is 11.1 Å². The van der Waals surface area contributed by atoms with E-state index in [1.165, 1.54) is 34.9 Å². The van der Waals surface area contributed by atoms with Gasteiger partial charge in [0.25, 0.3) is 5.91 Å². The highest BCUT2D eigenvalue weighted by Crippen LogP contribution is 2.62. The predicted molar refractivity (Wildman–Crippen MR) is 162 cm³/mol. The third-order valence-corrected chi connectivity index (χ3v) is 12.1. The van der Waals surface area contributed by atoms with Crippen LogP contribution in [0.4, 0.5) is 0 Å². The minimum absolute atomic E-state index is 0.0979. The summed E-state index contributed by atoms with van der Waals surface area (Å²) in [5.41, 5.74) is 4.00. The molecular weight excluding hydrogens is 556 g/mol. The Balaban J connectivity index is 1.17. The molecule has 41 heavy (non-hydrogen) atoms.